The molecular weight excluding hydrogens is 251 g/mol. The van der Waals surface area contributed by atoms with E-state index in [-0.39, 0.29) is 5.75 Å². The quantitative estimate of drug-likeness (QED) is 0.776. The van der Waals surface area contributed by atoms with E-state index in [2.05, 4.69) is 15.9 Å². The van der Waals surface area contributed by atoms with E-state index in [1.54, 1.807) is 0 Å². The van der Waals surface area contributed by atoms with Gasteiger partial charge in [0, 0.05) is 11.6 Å². The van der Waals surface area contributed by atoms with Gasteiger partial charge in [0.05, 0.1) is 4.47 Å². The molecule has 1 aromatic rings. The molecule has 0 saturated carbocycles. The lowest BCUT2D eigenvalue weighted by Gasteiger charge is -2.13. The third-order valence-corrected chi connectivity index (χ3v) is 2.54. The van der Waals surface area contributed by atoms with Gasteiger partial charge in [0.15, 0.2) is 0 Å². The highest BCUT2D eigenvalue weighted by atomic mass is 79.9. The number of phenolic OH excluding ortho intramolecular Hbond substituents is 1. The highest BCUT2D eigenvalue weighted by Crippen LogP contribution is 2.32. The van der Waals surface area contributed by atoms with Crippen molar-refractivity contribution in [2.75, 3.05) is 6.54 Å². The molecule has 1 unspecified atom stereocenters. The summed E-state index contributed by atoms with van der Waals surface area (Å²) in [6.07, 6.45) is 0.503. The molecule has 0 heterocycles. The van der Waals surface area contributed by atoms with Crippen molar-refractivity contribution < 1.29 is 9.50 Å². The number of benzene rings is 1. The Hall–Kier alpha value is -0.650. The number of rotatable bonds is 3. The number of halogens is 2. The summed E-state index contributed by atoms with van der Waals surface area (Å²) in [4.78, 5) is 0. The van der Waals surface area contributed by atoms with Crippen LogP contribution in [0, 0.1) is 5.82 Å². The molecule has 0 bridgehead atoms. The number of hydrogen-bond donors (Lipinski definition) is 3. The van der Waals surface area contributed by atoms with Crippen LogP contribution in [-0.4, -0.2) is 11.7 Å². The first-order valence-corrected chi connectivity index (χ1v) is 4.99. The molecule has 0 aliphatic carbocycles. The summed E-state index contributed by atoms with van der Waals surface area (Å²) in [5.41, 5.74) is 11.4. The Morgan fingerprint density at radius 2 is 2.14 bits per heavy atom. The van der Waals surface area contributed by atoms with Gasteiger partial charge in [-0.05, 0) is 41.0 Å². The van der Waals surface area contributed by atoms with Gasteiger partial charge in [0.1, 0.15) is 11.6 Å². The van der Waals surface area contributed by atoms with E-state index < -0.39 is 11.9 Å². The van der Waals surface area contributed by atoms with Crippen LogP contribution in [0.25, 0.3) is 0 Å². The zero-order chi connectivity index (χ0) is 10.7. The fourth-order valence-electron chi connectivity index (χ4n) is 1.20. The van der Waals surface area contributed by atoms with Gasteiger partial charge in [0.25, 0.3) is 0 Å². The van der Waals surface area contributed by atoms with E-state index in [0.717, 1.165) is 0 Å². The number of phenols is 1. The van der Waals surface area contributed by atoms with Crippen LogP contribution in [0.5, 0.6) is 5.75 Å². The van der Waals surface area contributed by atoms with Crippen LogP contribution in [0.1, 0.15) is 18.0 Å². The zero-order valence-corrected chi connectivity index (χ0v) is 9.09. The maximum absolute atomic E-state index is 13.0. The molecule has 0 amide bonds. The van der Waals surface area contributed by atoms with Gasteiger partial charge >= 0.3 is 0 Å². The molecular formula is C9H12BrFN2O. The Bertz CT molecular complexity index is 333. The van der Waals surface area contributed by atoms with E-state index in [1.165, 1.54) is 12.1 Å². The lowest BCUT2D eigenvalue weighted by Crippen LogP contribution is -2.15. The molecule has 0 spiro atoms. The first-order valence-electron chi connectivity index (χ1n) is 4.19. The van der Waals surface area contributed by atoms with Gasteiger partial charge in [0.2, 0.25) is 0 Å². The summed E-state index contributed by atoms with van der Waals surface area (Å²) in [5, 5.41) is 9.58. The number of aromatic hydroxyl groups is 1. The molecule has 5 N–H and O–H groups in total. The summed E-state index contributed by atoms with van der Waals surface area (Å²) >= 11 is 3.04. The van der Waals surface area contributed by atoms with Crippen molar-refractivity contribution in [1.29, 1.82) is 0 Å². The van der Waals surface area contributed by atoms with Crippen molar-refractivity contribution in [1.82, 2.24) is 0 Å². The Balaban J connectivity index is 3.07. The second-order valence-corrected chi connectivity index (χ2v) is 3.86. The molecule has 0 fully saturated rings. The predicted molar refractivity (Wildman–Crippen MR) is 56.4 cm³/mol. The largest absolute Gasteiger partial charge is 0.506 e. The molecule has 3 nitrogen and oxygen atoms in total. The third kappa shape index (κ3) is 2.43. The van der Waals surface area contributed by atoms with E-state index in [0.29, 0.717) is 23.0 Å². The van der Waals surface area contributed by atoms with Crippen LogP contribution in [0.3, 0.4) is 0 Å². The van der Waals surface area contributed by atoms with Gasteiger partial charge < -0.3 is 16.6 Å². The van der Waals surface area contributed by atoms with Crippen LogP contribution in [0.15, 0.2) is 16.6 Å². The van der Waals surface area contributed by atoms with E-state index >= 15 is 0 Å². The Kier molecular flexibility index (Phi) is 3.86. The third-order valence-electron chi connectivity index (χ3n) is 1.93. The zero-order valence-electron chi connectivity index (χ0n) is 7.50. The van der Waals surface area contributed by atoms with E-state index in [9.17, 15) is 9.50 Å². The van der Waals surface area contributed by atoms with Crippen molar-refractivity contribution in [2.24, 2.45) is 11.5 Å². The van der Waals surface area contributed by atoms with Crippen LogP contribution in [0.2, 0.25) is 0 Å². The second-order valence-electron chi connectivity index (χ2n) is 3.01. The monoisotopic (exact) mass is 262 g/mol. The SMILES string of the molecule is NCCC(N)c1cc(F)cc(Br)c1O. The maximum atomic E-state index is 13.0. The molecule has 78 valence electrons. The Morgan fingerprint density at radius 3 is 2.71 bits per heavy atom. The molecule has 14 heavy (non-hydrogen) atoms. The van der Waals surface area contributed by atoms with Crippen LogP contribution in [-0.2, 0) is 0 Å². The van der Waals surface area contributed by atoms with Gasteiger partial charge in [-0.2, -0.15) is 0 Å². The lowest BCUT2D eigenvalue weighted by molar-refractivity contribution is 0.452. The first kappa shape index (κ1) is 11.4. The Morgan fingerprint density at radius 1 is 1.50 bits per heavy atom. The molecule has 5 heteroatoms. The van der Waals surface area contributed by atoms with Gasteiger partial charge in [-0.1, -0.05) is 0 Å². The summed E-state index contributed by atoms with van der Waals surface area (Å²) < 4.78 is 13.3. The van der Waals surface area contributed by atoms with Crippen molar-refractivity contribution in [3.05, 3.63) is 28.0 Å². The van der Waals surface area contributed by atoms with Crippen LogP contribution in [0.4, 0.5) is 4.39 Å². The van der Waals surface area contributed by atoms with E-state index in [1.807, 2.05) is 0 Å². The molecule has 1 atom stereocenters. The highest BCUT2D eigenvalue weighted by molar-refractivity contribution is 9.10. The average molecular weight is 263 g/mol. The molecule has 0 aliphatic rings. The predicted octanol–water partition coefficient (Wildman–Crippen LogP) is 1.64. The summed E-state index contributed by atoms with van der Waals surface area (Å²) in [6, 6.07) is 1.97. The van der Waals surface area contributed by atoms with Crippen molar-refractivity contribution >= 4 is 15.9 Å². The van der Waals surface area contributed by atoms with Gasteiger partial charge in [-0.3, -0.25) is 0 Å². The normalized spacial score (nSPS) is 12.9. The summed E-state index contributed by atoms with van der Waals surface area (Å²) in [6.45, 7) is 0.398. The highest BCUT2D eigenvalue weighted by Gasteiger charge is 2.14. The van der Waals surface area contributed by atoms with Gasteiger partial charge in [-0.15, -0.1) is 0 Å². The Labute approximate surface area is 90.0 Å². The molecule has 0 saturated heterocycles. The minimum Gasteiger partial charge on any atom is -0.506 e. The minimum atomic E-state index is -0.438. The van der Waals surface area contributed by atoms with Crippen molar-refractivity contribution in [3.8, 4) is 5.75 Å². The first-order chi connectivity index (χ1) is 6.56. The molecule has 0 aliphatic heterocycles. The topological polar surface area (TPSA) is 72.3 Å². The fourth-order valence-corrected chi connectivity index (χ4v) is 1.65. The smallest absolute Gasteiger partial charge is 0.134 e. The standard InChI is InChI=1S/C9H12BrFN2O/c10-7-4-5(11)3-6(9(7)14)8(13)1-2-12/h3-4,8,14H,1-2,12-13H2. The summed E-state index contributed by atoms with van der Waals surface area (Å²) in [5.74, 6) is -0.454. The second kappa shape index (κ2) is 4.72. The average Bonchev–Trinajstić information content (AvgIpc) is 2.11. The number of nitrogens with two attached hydrogens (primary N) is 2. The molecule has 0 radical (unpaired) electrons. The fraction of sp³-hybridized carbons (Fsp3) is 0.333. The lowest BCUT2D eigenvalue weighted by atomic mass is 10.0. The van der Waals surface area contributed by atoms with Crippen LogP contribution < -0.4 is 11.5 Å². The summed E-state index contributed by atoms with van der Waals surface area (Å²) in [7, 11) is 0. The maximum Gasteiger partial charge on any atom is 0.134 e. The molecule has 1 aromatic carbocycles. The number of hydrogen-bond acceptors (Lipinski definition) is 3. The van der Waals surface area contributed by atoms with Gasteiger partial charge in [-0.25, -0.2) is 4.39 Å². The molecule has 0 aromatic heterocycles. The van der Waals surface area contributed by atoms with Crippen molar-refractivity contribution in [3.63, 3.8) is 0 Å². The minimum absolute atomic E-state index is 0.0210. The molecule has 1 rings (SSSR count). The van der Waals surface area contributed by atoms with E-state index in [4.69, 9.17) is 11.5 Å². The van der Waals surface area contributed by atoms with Crippen LogP contribution >= 0.6 is 15.9 Å². The van der Waals surface area contributed by atoms with Crippen molar-refractivity contribution in [2.45, 2.75) is 12.5 Å².